The maximum Gasteiger partial charge on any atom is 0.0617 e. The van der Waals surface area contributed by atoms with Crippen molar-refractivity contribution in [2.75, 3.05) is 27.2 Å². The smallest absolute Gasteiger partial charge is 0.0617 e. The zero-order valence-electron chi connectivity index (χ0n) is 13.5. The first-order chi connectivity index (χ1) is 8.67. The highest BCUT2D eigenvalue weighted by Gasteiger charge is 2.16. The molecule has 0 aromatic rings. The summed E-state index contributed by atoms with van der Waals surface area (Å²) in [6.07, 6.45) is 11.8. The van der Waals surface area contributed by atoms with Crippen molar-refractivity contribution in [2.24, 2.45) is 0 Å². The lowest BCUT2D eigenvalue weighted by Gasteiger charge is -2.34. The van der Waals surface area contributed by atoms with E-state index < -0.39 is 0 Å². The van der Waals surface area contributed by atoms with Crippen LogP contribution in [0.25, 0.3) is 0 Å². The van der Waals surface area contributed by atoms with Crippen molar-refractivity contribution < 1.29 is 0 Å². The van der Waals surface area contributed by atoms with Gasteiger partial charge in [-0.1, -0.05) is 65.7 Å². The van der Waals surface area contributed by atoms with Crippen molar-refractivity contribution in [2.45, 2.75) is 78.3 Å². The molecule has 2 heteroatoms. The summed E-state index contributed by atoms with van der Waals surface area (Å²) in [4.78, 5) is 4.95. The molecule has 0 aliphatic heterocycles. The van der Waals surface area contributed by atoms with Gasteiger partial charge in [-0.2, -0.15) is 0 Å². The largest absolute Gasteiger partial charge is 0.294 e. The zero-order valence-corrected chi connectivity index (χ0v) is 13.5. The minimum atomic E-state index is 0.635. The molecule has 0 fully saturated rings. The third kappa shape index (κ3) is 8.10. The minimum Gasteiger partial charge on any atom is -0.294 e. The molecule has 0 spiro atoms. The molecule has 0 bridgehead atoms. The van der Waals surface area contributed by atoms with Crippen molar-refractivity contribution in [3.8, 4) is 0 Å². The highest BCUT2D eigenvalue weighted by molar-refractivity contribution is 4.67. The van der Waals surface area contributed by atoms with Crippen LogP contribution < -0.4 is 0 Å². The van der Waals surface area contributed by atoms with Gasteiger partial charge in [-0.15, -0.1) is 0 Å². The lowest BCUT2D eigenvalue weighted by Crippen LogP contribution is -2.44. The summed E-state index contributed by atoms with van der Waals surface area (Å²) in [5.74, 6) is 0. The van der Waals surface area contributed by atoms with Crippen LogP contribution in [0.3, 0.4) is 0 Å². The van der Waals surface area contributed by atoms with Gasteiger partial charge in [0.1, 0.15) is 0 Å². The van der Waals surface area contributed by atoms with Gasteiger partial charge in [0.2, 0.25) is 0 Å². The molecular formula is C16H36N2. The number of rotatable bonds is 12. The van der Waals surface area contributed by atoms with Crippen LogP contribution in [0, 0.1) is 0 Å². The Labute approximate surface area is 116 Å². The molecule has 0 N–H and O–H groups in total. The fourth-order valence-electron chi connectivity index (χ4n) is 2.70. The third-order valence-corrected chi connectivity index (χ3v) is 3.90. The Morgan fingerprint density at radius 1 is 0.722 bits per heavy atom. The Morgan fingerprint density at radius 2 is 1.22 bits per heavy atom. The first kappa shape index (κ1) is 17.9. The first-order valence-corrected chi connectivity index (χ1v) is 8.07. The molecule has 110 valence electrons. The monoisotopic (exact) mass is 256 g/mol. The molecule has 0 radical (unpaired) electrons. The van der Waals surface area contributed by atoms with Crippen LogP contribution in [-0.4, -0.2) is 43.2 Å². The van der Waals surface area contributed by atoms with Crippen LogP contribution in [0.4, 0.5) is 0 Å². The van der Waals surface area contributed by atoms with Gasteiger partial charge in [0.15, 0.2) is 0 Å². The molecule has 0 amide bonds. The van der Waals surface area contributed by atoms with Crippen LogP contribution in [0.2, 0.25) is 0 Å². The van der Waals surface area contributed by atoms with E-state index in [0.29, 0.717) is 6.17 Å². The van der Waals surface area contributed by atoms with E-state index >= 15 is 0 Å². The molecule has 0 heterocycles. The molecule has 0 saturated carbocycles. The number of unbranched alkanes of at least 4 members (excludes halogenated alkanes) is 6. The highest BCUT2D eigenvalue weighted by atomic mass is 15.3. The van der Waals surface area contributed by atoms with Gasteiger partial charge in [-0.25, -0.2) is 0 Å². The standard InChI is InChI=1S/C16H36N2/c1-6-9-10-11-12-13-14-15-16(17(4)5)18(7-2)8-3/h16H,6-15H2,1-5H3. The third-order valence-electron chi connectivity index (χ3n) is 3.90. The molecule has 0 rings (SSSR count). The molecule has 2 nitrogen and oxygen atoms in total. The van der Waals surface area contributed by atoms with Gasteiger partial charge in [-0.05, 0) is 33.6 Å². The number of nitrogens with zero attached hydrogens (tertiary/aromatic N) is 2. The predicted molar refractivity (Wildman–Crippen MR) is 83.0 cm³/mol. The van der Waals surface area contributed by atoms with E-state index in [1.54, 1.807) is 0 Å². The highest BCUT2D eigenvalue weighted by Crippen LogP contribution is 2.14. The molecule has 0 aliphatic rings. The summed E-state index contributed by atoms with van der Waals surface area (Å²) in [6, 6.07) is 0. The van der Waals surface area contributed by atoms with E-state index in [1.807, 2.05) is 0 Å². The van der Waals surface area contributed by atoms with E-state index in [-0.39, 0.29) is 0 Å². The SMILES string of the molecule is CCCCCCCCCC(N(C)C)N(CC)CC. The van der Waals surface area contributed by atoms with Crippen molar-refractivity contribution in [3.05, 3.63) is 0 Å². The zero-order chi connectivity index (χ0) is 13.8. The van der Waals surface area contributed by atoms with E-state index in [2.05, 4.69) is 44.7 Å². The summed E-state index contributed by atoms with van der Waals surface area (Å²) in [7, 11) is 4.43. The Balaban J connectivity index is 3.71. The molecule has 0 aromatic heterocycles. The summed E-state index contributed by atoms with van der Waals surface area (Å²) in [5, 5.41) is 0. The van der Waals surface area contributed by atoms with Gasteiger partial charge < -0.3 is 0 Å². The van der Waals surface area contributed by atoms with Crippen molar-refractivity contribution in [3.63, 3.8) is 0 Å². The second-order valence-corrected chi connectivity index (χ2v) is 5.58. The Bertz CT molecular complexity index is 164. The van der Waals surface area contributed by atoms with Crippen molar-refractivity contribution in [1.82, 2.24) is 9.80 Å². The maximum absolute atomic E-state index is 2.57. The molecular weight excluding hydrogens is 220 g/mol. The quantitative estimate of drug-likeness (QED) is 0.378. The molecule has 0 aliphatic carbocycles. The Kier molecular flexibility index (Phi) is 11.9. The molecule has 0 aromatic carbocycles. The second-order valence-electron chi connectivity index (χ2n) is 5.58. The first-order valence-electron chi connectivity index (χ1n) is 8.07. The fraction of sp³-hybridized carbons (Fsp3) is 1.00. The van der Waals surface area contributed by atoms with Crippen LogP contribution >= 0.6 is 0 Å². The molecule has 1 unspecified atom stereocenters. The van der Waals surface area contributed by atoms with Gasteiger partial charge in [0.05, 0.1) is 6.17 Å². The van der Waals surface area contributed by atoms with E-state index in [0.717, 1.165) is 13.1 Å². The van der Waals surface area contributed by atoms with Crippen LogP contribution in [0.1, 0.15) is 72.1 Å². The average Bonchev–Trinajstić information content (AvgIpc) is 2.36. The molecule has 1 atom stereocenters. The van der Waals surface area contributed by atoms with Gasteiger partial charge in [0, 0.05) is 0 Å². The summed E-state index contributed by atoms with van der Waals surface area (Å²) in [5.41, 5.74) is 0. The predicted octanol–water partition coefficient (Wildman–Crippen LogP) is 4.36. The lowest BCUT2D eigenvalue weighted by molar-refractivity contribution is 0.0790. The normalized spacial score (nSPS) is 13.5. The van der Waals surface area contributed by atoms with Crippen LogP contribution in [0.15, 0.2) is 0 Å². The summed E-state index contributed by atoms with van der Waals surface area (Å²) in [6.45, 7) is 9.15. The van der Waals surface area contributed by atoms with E-state index in [1.165, 1.54) is 51.4 Å². The topological polar surface area (TPSA) is 6.48 Å². The molecule has 18 heavy (non-hydrogen) atoms. The van der Waals surface area contributed by atoms with E-state index in [4.69, 9.17) is 0 Å². The maximum atomic E-state index is 2.57. The summed E-state index contributed by atoms with van der Waals surface area (Å²) < 4.78 is 0. The number of hydrogen-bond acceptors (Lipinski definition) is 2. The molecule has 0 saturated heterocycles. The lowest BCUT2D eigenvalue weighted by atomic mass is 10.1. The number of hydrogen-bond donors (Lipinski definition) is 0. The van der Waals surface area contributed by atoms with Crippen molar-refractivity contribution in [1.29, 1.82) is 0 Å². The minimum absolute atomic E-state index is 0.635. The fourth-order valence-corrected chi connectivity index (χ4v) is 2.70. The Hall–Kier alpha value is -0.0800. The van der Waals surface area contributed by atoms with Gasteiger partial charge in [-0.3, -0.25) is 9.80 Å². The van der Waals surface area contributed by atoms with Crippen LogP contribution in [-0.2, 0) is 0 Å². The summed E-state index contributed by atoms with van der Waals surface area (Å²) >= 11 is 0. The van der Waals surface area contributed by atoms with Gasteiger partial charge in [0.25, 0.3) is 0 Å². The van der Waals surface area contributed by atoms with Gasteiger partial charge >= 0.3 is 0 Å². The Morgan fingerprint density at radius 3 is 1.67 bits per heavy atom. The van der Waals surface area contributed by atoms with Crippen LogP contribution in [0.5, 0.6) is 0 Å². The second kappa shape index (κ2) is 12.0. The van der Waals surface area contributed by atoms with E-state index in [9.17, 15) is 0 Å². The average molecular weight is 256 g/mol. The van der Waals surface area contributed by atoms with Crippen molar-refractivity contribution >= 4 is 0 Å².